The Balaban J connectivity index is 1.67. The number of rotatable bonds is 7. The van der Waals surface area contributed by atoms with Crippen molar-refractivity contribution in [2.75, 3.05) is 6.54 Å². The highest BCUT2D eigenvalue weighted by Crippen LogP contribution is 2.21. The number of aromatic nitrogens is 2. The van der Waals surface area contributed by atoms with Gasteiger partial charge in [0, 0.05) is 30.0 Å². The monoisotopic (exact) mass is 277 g/mol. The van der Waals surface area contributed by atoms with Gasteiger partial charge in [0.05, 0.1) is 6.33 Å². The Labute approximate surface area is 119 Å². The normalized spacial score (nSPS) is 12.5. The highest BCUT2D eigenvalue weighted by Gasteiger charge is 2.07. The van der Waals surface area contributed by atoms with E-state index in [-0.39, 0.29) is 0 Å². The van der Waals surface area contributed by atoms with Crippen LogP contribution in [0.5, 0.6) is 0 Å². The van der Waals surface area contributed by atoms with Crippen LogP contribution in [0.25, 0.3) is 0 Å². The van der Waals surface area contributed by atoms with Gasteiger partial charge in [0.1, 0.15) is 0 Å². The zero-order valence-electron chi connectivity index (χ0n) is 11.2. The Bertz CT molecular complexity index is 482. The molecule has 1 unspecified atom stereocenters. The highest BCUT2D eigenvalue weighted by molar-refractivity contribution is 6.31. The third kappa shape index (κ3) is 4.37. The van der Waals surface area contributed by atoms with Gasteiger partial charge in [-0.1, -0.05) is 29.8 Å². The van der Waals surface area contributed by atoms with Crippen LogP contribution in [0.4, 0.5) is 0 Å². The minimum absolute atomic E-state index is 0.293. The predicted molar refractivity (Wildman–Crippen MR) is 79.3 cm³/mol. The van der Waals surface area contributed by atoms with Crippen molar-refractivity contribution in [2.45, 2.75) is 32.4 Å². The van der Waals surface area contributed by atoms with Crippen molar-refractivity contribution >= 4 is 11.6 Å². The van der Waals surface area contributed by atoms with E-state index < -0.39 is 0 Å². The molecule has 0 fully saturated rings. The lowest BCUT2D eigenvalue weighted by molar-refractivity contribution is 0.523. The number of aryl methyl sites for hydroxylation is 1. The summed E-state index contributed by atoms with van der Waals surface area (Å²) in [4.78, 5) is 4.03. The van der Waals surface area contributed by atoms with E-state index in [9.17, 15) is 0 Å². The van der Waals surface area contributed by atoms with Crippen LogP contribution in [0.3, 0.4) is 0 Å². The lowest BCUT2D eigenvalue weighted by Gasteiger charge is -2.15. The Morgan fingerprint density at radius 2 is 2.16 bits per heavy atom. The smallest absolute Gasteiger partial charge is 0.0945 e. The van der Waals surface area contributed by atoms with E-state index in [2.05, 4.69) is 27.9 Å². The number of nitrogens with zero attached hydrogens (tertiary/aromatic N) is 2. The van der Waals surface area contributed by atoms with Crippen LogP contribution in [0, 0.1) is 0 Å². The summed E-state index contributed by atoms with van der Waals surface area (Å²) in [6.45, 7) is 4.18. The molecule has 0 radical (unpaired) electrons. The highest BCUT2D eigenvalue weighted by atomic mass is 35.5. The lowest BCUT2D eigenvalue weighted by Crippen LogP contribution is -2.20. The number of halogens is 1. The van der Waals surface area contributed by atoms with Crippen LogP contribution in [0.15, 0.2) is 43.0 Å². The van der Waals surface area contributed by atoms with E-state index in [0.717, 1.165) is 31.0 Å². The maximum Gasteiger partial charge on any atom is 0.0945 e. The van der Waals surface area contributed by atoms with Crippen molar-refractivity contribution in [1.29, 1.82) is 0 Å². The van der Waals surface area contributed by atoms with Gasteiger partial charge in [-0.05, 0) is 37.9 Å². The van der Waals surface area contributed by atoms with Crippen LogP contribution in [-0.4, -0.2) is 16.1 Å². The number of hydrogen-bond donors (Lipinski definition) is 1. The van der Waals surface area contributed by atoms with Crippen LogP contribution < -0.4 is 5.32 Å². The lowest BCUT2D eigenvalue weighted by atomic mass is 10.1. The molecule has 1 heterocycles. The largest absolute Gasteiger partial charge is 0.337 e. The molecule has 4 heteroatoms. The summed E-state index contributed by atoms with van der Waals surface area (Å²) in [7, 11) is 0. The molecule has 0 aliphatic rings. The van der Waals surface area contributed by atoms with Crippen LogP contribution >= 0.6 is 11.6 Å². The van der Waals surface area contributed by atoms with Gasteiger partial charge in [-0.25, -0.2) is 4.98 Å². The van der Waals surface area contributed by atoms with E-state index in [1.54, 1.807) is 0 Å². The number of unbranched alkanes of at least 4 members (excludes halogenated alkanes) is 1. The SMILES string of the molecule is CC(NCCCCn1ccnc1)c1ccccc1Cl. The molecule has 0 bridgehead atoms. The van der Waals surface area contributed by atoms with Crippen molar-refractivity contribution in [2.24, 2.45) is 0 Å². The first-order valence-corrected chi connectivity index (χ1v) is 7.08. The van der Waals surface area contributed by atoms with Gasteiger partial charge in [-0.15, -0.1) is 0 Å². The molecule has 0 saturated heterocycles. The fourth-order valence-electron chi connectivity index (χ4n) is 2.09. The van der Waals surface area contributed by atoms with Crippen molar-refractivity contribution in [3.8, 4) is 0 Å². The molecule has 0 aliphatic carbocycles. The zero-order chi connectivity index (χ0) is 13.5. The van der Waals surface area contributed by atoms with Gasteiger partial charge in [0.15, 0.2) is 0 Å². The molecule has 0 spiro atoms. The molecule has 0 aliphatic heterocycles. The molecule has 3 nitrogen and oxygen atoms in total. The Morgan fingerprint density at radius 1 is 1.32 bits per heavy atom. The molecule has 1 N–H and O–H groups in total. The quantitative estimate of drug-likeness (QED) is 0.783. The summed E-state index contributed by atoms with van der Waals surface area (Å²) >= 11 is 6.18. The predicted octanol–water partition coefficient (Wildman–Crippen LogP) is 3.67. The molecular weight excluding hydrogens is 258 g/mol. The third-order valence-corrected chi connectivity index (χ3v) is 3.57. The van der Waals surface area contributed by atoms with Gasteiger partial charge >= 0.3 is 0 Å². The van der Waals surface area contributed by atoms with E-state index >= 15 is 0 Å². The van der Waals surface area contributed by atoms with Crippen molar-refractivity contribution in [1.82, 2.24) is 14.9 Å². The second-order valence-corrected chi connectivity index (χ2v) is 5.11. The fourth-order valence-corrected chi connectivity index (χ4v) is 2.39. The molecule has 0 amide bonds. The van der Waals surface area contributed by atoms with Gasteiger partial charge in [-0.3, -0.25) is 0 Å². The number of nitrogens with one attached hydrogen (secondary N) is 1. The second kappa shape index (κ2) is 7.31. The van der Waals surface area contributed by atoms with E-state index in [0.29, 0.717) is 6.04 Å². The molecule has 19 heavy (non-hydrogen) atoms. The van der Waals surface area contributed by atoms with Gasteiger partial charge < -0.3 is 9.88 Å². The molecule has 1 aromatic carbocycles. The molecular formula is C15H20ClN3. The minimum atomic E-state index is 0.293. The first-order valence-electron chi connectivity index (χ1n) is 6.71. The van der Waals surface area contributed by atoms with Crippen LogP contribution in [0.1, 0.15) is 31.4 Å². The maximum absolute atomic E-state index is 6.18. The Hall–Kier alpha value is -1.32. The first kappa shape index (κ1) is 14.1. The Kier molecular flexibility index (Phi) is 5.43. The van der Waals surface area contributed by atoms with Gasteiger partial charge in [0.25, 0.3) is 0 Å². The average molecular weight is 278 g/mol. The number of benzene rings is 1. The average Bonchev–Trinajstić information content (AvgIpc) is 2.92. The maximum atomic E-state index is 6.18. The van der Waals surface area contributed by atoms with Crippen molar-refractivity contribution < 1.29 is 0 Å². The van der Waals surface area contributed by atoms with E-state index in [1.807, 2.05) is 36.9 Å². The number of imidazole rings is 1. The third-order valence-electron chi connectivity index (χ3n) is 3.22. The van der Waals surface area contributed by atoms with Crippen molar-refractivity contribution in [3.05, 3.63) is 53.6 Å². The van der Waals surface area contributed by atoms with Gasteiger partial charge in [0.2, 0.25) is 0 Å². The van der Waals surface area contributed by atoms with E-state index in [4.69, 9.17) is 11.6 Å². The molecule has 2 rings (SSSR count). The molecule has 102 valence electrons. The van der Waals surface area contributed by atoms with E-state index in [1.165, 1.54) is 5.56 Å². The molecule has 1 aromatic heterocycles. The molecule has 2 aromatic rings. The Morgan fingerprint density at radius 3 is 2.89 bits per heavy atom. The number of hydrogen-bond acceptors (Lipinski definition) is 2. The fraction of sp³-hybridized carbons (Fsp3) is 0.400. The van der Waals surface area contributed by atoms with Crippen molar-refractivity contribution in [3.63, 3.8) is 0 Å². The first-order chi connectivity index (χ1) is 9.27. The molecule has 1 atom stereocenters. The second-order valence-electron chi connectivity index (χ2n) is 4.70. The summed E-state index contributed by atoms with van der Waals surface area (Å²) in [6.07, 6.45) is 7.98. The molecule has 0 saturated carbocycles. The summed E-state index contributed by atoms with van der Waals surface area (Å²) in [5.74, 6) is 0. The zero-order valence-corrected chi connectivity index (χ0v) is 12.0. The van der Waals surface area contributed by atoms with Crippen LogP contribution in [0.2, 0.25) is 5.02 Å². The van der Waals surface area contributed by atoms with Crippen LogP contribution in [-0.2, 0) is 6.54 Å². The summed E-state index contributed by atoms with van der Waals surface area (Å²) in [5.41, 5.74) is 1.17. The summed E-state index contributed by atoms with van der Waals surface area (Å²) < 4.78 is 2.11. The topological polar surface area (TPSA) is 29.9 Å². The standard InChI is InChI=1S/C15H20ClN3/c1-13(14-6-2-3-7-15(14)16)18-8-4-5-10-19-11-9-17-12-19/h2-3,6-7,9,11-13,18H,4-5,8,10H2,1H3. The summed E-state index contributed by atoms with van der Waals surface area (Å²) in [6, 6.07) is 8.30. The van der Waals surface area contributed by atoms with Gasteiger partial charge in [-0.2, -0.15) is 0 Å². The minimum Gasteiger partial charge on any atom is -0.337 e. The summed E-state index contributed by atoms with van der Waals surface area (Å²) in [5, 5.41) is 4.34.